The topological polar surface area (TPSA) is 111 Å². The van der Waals surface area contributed by atoms with Gasteiger partial charge in [0.2, 0.25) is 0 Å². The molecule has 0 aromatic carbocycles. The smallest absolute Gasteiger partial charge is 0.306 e. The van der Waals surface area contributed by atoms with Gasteiger partial charge in [0.15, 0.2) is 12.4 Å². The first kappa shape index (κ1) is 91.5. The van der Waals surface area contributed by atoms with Gasteiger partial charge in [0.1, 0.15) is 13.2 Å². The van der Waals surface area contributed by atoms with Crippen molar-refractivity contribution in [3.8, 4) is 0 Å². The average Bonchev–Trinajstić information content (AvgIpc) is 3.54. The van der Waals surface area contributed by atoms with E-state index in [0.717, 1.165) is 70.6 Å². The molecule has 2 atom stereocenters. The minimum absolute atomic E-state index is 0.148. The Morgan fingerprint density at radius 1 is 0.326 bits per heavy atom. The second-order valence-corrected chi connectivity index (χ2v) is 28.7. The van der Waals surface area contributed by atoms with E-state index < -0.39 is 24.3 Å². The zero-order valence-electron chi connectivity index (χ0n) is 63.3. The van der Waals surface area contributed by atoms with Crippen LogP contribution in [-0.4, -0.2) is 82.3 Å². The highest BCUT2D eigenvalue weighted by Gasteiger charge is 2.22. The molecular weight excluding hydrogens is 1170 g/mol. The van der Waals surface area contributed by atoms with E-state index >= 15 is 0 Å². The molecule has 0 saturated carbocycles. The first-order valence-corrected chi connectivity index (χ1v) is 40.7. The number of carbonyl (C=O) groups excluding carboxylic acids is 3. The zero-order chi connectivity index (χ0) is 69.0. The summed E-state index contributed by atoms with van der Waals surface area (Å²) in [6.07, 6.45) is 101. The fourth-order valence-electron chi connectivity index (χ4n) is 12.0. The highest BCUT2D eigenvalue weighted by molar-refractivity contribution is 5.70. The molecule has 0 N–H and O–H groups in total. The van der Waals surface area contributed by atoms with Crippen LogP contribution in [0.5, 0.6) is 0 Å². The number of hydrogen-bond donors (Lipinski definition) is 0. The molecule has 0 spiro atoms. The maximum atomic E-state index is 13.0. The van der Waals surface area contributed by atoms with E-state index in [4.69, 9.17) is 18.9 Å². The summed E-state index contributed by atoms with van der Waals surface area (Å²) in [5.41, 5.74) is 0. The Bertz CT molecular complexity index is 1840. The van der Waals surface area contributed by atoms with Crippen LogP contribution in [0.4, 0.5) is 0 Å². The summed E-state index contributed by atoms with van der Waals surface area (Å²) in [6.45, 7) is 4.68. The fraction of sp³-hybridized carbons (Fsp3) is 0.802. The van der Waals surface area contributed by atoms with Gasteiger partial charge in [-0.05, 0) is 89.9 Å². The predicted octanol–water partition coefficient (Wildman–Crippen LogP) is 24.8. The summed E-state index contributed by atoms with van der Waals surface area (Å²) < 4.78 is 22.9. The van der Waals surface area contributed by atoms with Crippen molar-refractivity contribution in [2.75, 3.05) is 47.5 Å². The van der Waals surface area contributed by atoms with E-state index in [1.54, 1.807) is 0 Å². The van der Waals surface area contributed by atoms with Crippen molar-refractivity contribution < 1.29 is 42.9 Å². The molecule has 552 valence electrons. The summed E-state index contributed by atoms with van der Waals surface area (Å²) in [4.78, 5) is 37.6. The van der Waals surface area contributed by atoms with Crippen molar-refractivity contribution in [3.05, 3.63) is 85.1 Å². The zero-order valence-corrected chi connectivity index (χ0v) is 63.3. The molecule has 9 nitrogen and oxygen atoms in total. The number of quaternary nitrogens is 1. The Morgan fingerprint density at radius 3 is 0.895 bits per heavy atom. The number of esters is 2. The van der Waals surface area contributed by atoms with Gasteiger partial charge in [-0.2, -0.15) is 0 Å². The summed E-state index contributed by atoms with van der Waals surface area (Å²) in [7, 11) is 5.95. The van der Waals surface area contributed by atoms with E-state index in [0.29, 0.717) is 23.9 Å². The molecular formula is C86H155NO8. The highest BCUT2D eigenvalue weighted by Crippen LogP contribution is 2.19. The molecule has 95 heavy (non-hydrogen) atoms. The van der Waals surface area contributed by atoms with Crippen molar-refractivity contribution in [3.63, 3.8) is 0 Å². The predicted molar refractivity (Wildman–Crippen MR) is 408 cm³/mol. The van der Waals surface area contributed by atoms with Crippen LogP contribution in [0.1, 0.15) is 386 Å². The summed E-state index contributed by atoms with van der Waals surface area (Å²) >= 11 is 0. The van der Waals surface area contributed by atoms with Gasteiger partial charge in [0.25, 0.3) is 0 Å². The Morgan fingerprint density at radius 2 is 0.600 bits per heavy atom. The molecule has 0 aromatic heterocycles. The van der Waals surface area contributed by atoms with Crippen molar-refractivity contribution in [2.24, 2.45) is 0 Å². The summed E-state index contributed by atoms with van der Waals surface area (Å²) in [5, 5.41) is 11.9. The number of unbranched alkanes of at least 4 members (excludes halogenated alkanes) is 47. The standard InChI is InChI=1S/C86H155NO8/c1-6-8-10-12-14-16-18-20-22-24-26-28-30-32-34-36-37-38-39-40-41-42-43-44-45-46-47-49-51-53-55-57-59-61-63-65-67-69-71-73-75-77-84(89)95-82(81-94-86(85(90)91)92-79-78-87(3,4)5)80-93-83(88)76-74-72-70-68-66-64-62-60-58-56-54-52-50-48-35-33-31-29-27-25-23-21-19-17-15-13-11-9-7-2/h8,10,14,16,19-22,25-28,31,33,82,86H,6-7,9,11-13,15,17-18,23-24,29-30,32,34-81H2,1-5H3/b10-8-,16-14-,21-19-,22-20-,27-25-,28-26-,33-31-. The molecule has 9 heteroatoms. The van der Waals surface area contributed by atoms with Gasteiger partial charge in [-0.15, -0.1) is 0 Å². The Kier molecular flexibility index (Phi) is 73.4. The van der Waals surface area contributed by atoms with Crippen LogP contribution in [0.25, 0.3) is 0 Å². The molecule has 0 bridgehead atoms. The number of carbonyl (C=O) groups is 3. The number of carboxylic acids is 1. The second-order valence-electron chi connectivity index (χ2n) is 28.7. The van der Waals surface area contributed by atoms with E-state index in [1.165, 1.54) is 283 Å². The second kappa shape index (κ2) is 76.2. The maximum absolute atomic E-state index is 13.0. The normalized spacial score (nSPS) is 13.1. The lowest BCUT2D eigenvalue weighted by molar-refractivity contribution is -0.870. The van der Waals surface area contributed by atoms with Crippen molar-refractivity contribution in [2.45, 2.75) is 399 Å². The first-order valence-electron chi connectivity index (χ1n) is 40.7. The molecule has 0 heterocycles. The number of ether oxygens (including phenoxy) is 4. The molecule has 0 rings (SSSR count). The quantitative estimate of drug-likeness (QED) is 0.0195. The van der Waals surface area contributed by atoms with Gasteiger partial charge < -0.3 is 33.3 Å². The van der Waals surface area contributed by atoms with Crippen LogP contribution >= 0.6 is 0 Å². The number of hydrogen-bond acceptors (Lipinski definition) is 8. The number of rotatable bonds is 76. The average molecular weight is 1330 g/mol. The van der Waals surface area contributed by atoms with E-state index in [2.05, 4.69) is 98.9 Å². The highest BCUT2D eigenvalue weighted by atomic mass is 16.7. The molecule has 0 aromatic rings. The maximum Gasteiger partial charge on any atom is 0.306 e. The van der Waals surface area contributed by atoms with Crippen molar-refractivity contribution in [1.29, 1.82) is 0 Å². The van der Waals surface area contributed by atoms with Crippen LogP contribution in [0.15, 0.2) is 85.1 Å². The third kappa shape index (κ3) is 77.7. The Labute approximate surface area is 589 Å². The van der Waals surface area contributed by atoms with Crippen LogP contribution in [0, 0.1) is 0 Å². The summed E-state index contributed by atoms with van der Waals surface area (Å²) in [5.74, 6) is -2.26. The number of allylic oxidation sites excluding steroid dienone is 14. The van der Waals surface area contributed by atoms with Gasteiger partial charge >= 0.3 is 11.9 Å². The monoisotopic (exact) mass is 1330 g/mol. The van der Waals surface area contributed by atoms with E-state index in [-0.39, 0.29) is 32.2 Å². The molecule has 0 saturated heterocycles. The number of aliphatic carboxylic acids is 1. The number of likely N-dealkylation sites (N-methyl/N-ethyl adjacent to an activating group) is 1. The molecule has 0 aliphatic carbocycles. The molecule has 0 radical (unpaired) electrons. The van der Waals surface area contributed by atoms with Gasteiger partial charge in [-0.1, -0.05) is 369 Å². The SMILES string of the molecule is CC/C=C\C/C=C\C/C=C\C/C=C\CCCCCCCCCCCCCCCCCCCCCCCCCCCCCCC(=O)OC(COC(=O)CCCCCCCCCCCCCCCC/C=C\C/C=C\C/C=C\CCCCCCC)COC(OCC[N+](C)(C)C)C(=O)[O-]. The molecule has 0 aliphatic heterocycles. The minimum atomic E-state index is -1.62. The number of carboxylic acid groups (broad SMARTS) is 1. The summed E-state index contributed by atoms with van der Waals surface area (Å²) in [6, 6.07) is 0. The van der Waals surface area contributed by atoms with Crippen molar-refractivity contribution in [1.82, 2.24) is 0 Å². The molecule has 0 aliphatic rings. The van der Waals surface area contributed by atoms with Gasteiger partial charge in [-0.25, -0.2) is 0 Å². The van der Waals surface area contributed by atoms with Crippen LogP contribution in [0.2, 0.25) is 0 Å². The third-order valence-corrected chi connectivity index (χ3v) is 18.1. The molecule has 0 amide bonds. The lowest BCUT2D eigenvalue weighted by Gasteiger charge is -2.26. The third-order valence-electron chi connectivity index (χ3n) is 18.1. The fourth-order valence-corrected chi connectivity index (χ4v) is 12.0. The van der Waals surface area contributed by atoms with E-state index in [9.17, 15) is 19.5 Å². The van der Waals surface area contributed by atoms with Gasteiger partial charge in [0, 0.05) is 12.8 Å². The lowest BCUT2D eigenvalue weighted by atomic mass is 10.0. The van der Waals surface area contributed by atoms with Crippen LogP contribution in [-0.2, 0) is 33.3 Å². The van der Waals surface area contributed by atoms with Crippen molar-refractivity contribution >= 4 is 17.9 Å². The largest absolute Gasteiger partial charge is 0.545 e. The number of nitrogens with zero attached hydrogens (tertiary/aromatic N) is 1. The minimum Gasteiger partial charge on any atom is -0.545 e. The van der Waals surface area contributed by atoms with Crippen LogP contribution in [0.3, 0.4) is 0 Å². The Hall–Kier alpha value is -3.53. The first-order chi connectivity index (χ1) is 46.6. The lowest BCUT2D eigenvalue weighted by Crippen LogP contribution is -2.44. The van der Waals surface area contributed by atoms with Gasteiger partial charge in [-0.3, -0.25) is 9.59 Å². The molecule has 2 unspecified atom stereocenters. The van der Waals surface area contributed by atoms with Crippen LogP contribution < -0.4 is 5.11 Å². The van der Waals surface area contributed by atoms with E-state index in [1.807, 2.05) is 21.1 Å². The molecule has 0 fully saturated rings. The Balaban J connectivity index is 3.96. The van der Waals surface area contributed by atoms with Gasteiger partial charge in [0.05, 0.1) is 40.3 Å².